The van der Waals surface area contributed by atoms with Gasteiger partial charge in [-0.15, -0.1) is 23.1 Å². The molecule has 1 aromatic heterocycles. The molecule has 0 bridgehead atoms. The van der Waals surface area contributed by atoms with Gasteiger partial charge in [-0.05, 0) is 54.1 Å². The van der Waals surface area contributed by atoms with Gasteiger partial charge in [-0.25, -0.2) is 13.2 Å². The third kappa shape index (κ3) is 5.67. The van der Waals surface area contributed by atoms with Gasteiger partial charge in [-0.2, -0.15) is 0 Å². The van der Waals surface area contributed by atoms with Crippen LogP contribution in [0.3, 0.4) is 0 Å². The van der Waals surface area contributed by atoms with Crippen LogP contribution in [-0.4, -0.2) is 31.9 Å². The number of thioether (sulfide) groups is 1. The molecule has 8 nitrogen and oxygen atoms in total. The fourth-order valence-corrected chi connectivity index (χ4v) is 5.50. The number of benzene rings is 1. The van der Waals surface area contributed by atoms with E-state index in [0.717, 1.165) is 28.4 Å². The first kappa shape index (κ1) is 20.1. The van der Waals surface area contributed by atoms with Gasteiger partial charge in [0.1, 0.15) is 4.21 Å². The lowest BCUT2D eigenvalue weighted by molar-refractivity contribution is 0.194. The Bertz CT molecular complexity index is 903. The lowest BCUT2D eigenvalue weighted by Crippen LogP contribution is -2.19. The highest BCUT2D eigenvalue weighted by molar-refractivity contribution is 7.99. The molecule has 26 heavy (non-hydrogen) atoms. The van der Waals surface area contributed by atoms with Crippen LogP contribution in [0.2, 0.25) is 0 Å². The van der Waals surface area contributed by atoms with Gasteiger partial charge in [-0.1, -0.05) is 5.11 Å². The molecular weight excluding hydrogens is 396 g/mol. The molecule has 0 aliphatic rings. The van der Waals surface area contributed by atoms with Crippen molar-refractivity contribution in [2.75, 3.05) is 12.3 Å². The zero-order valence-electron chi connectivity index (χ0n) is 13.5. The summed E-state index contributed by atoms with van der Waals surface area (Å²) in [6.07, 6.45) is -0.410. The zero-order valence-corrected chi connectivity index (χ0v) is 16.0. The number of thiophene rings is 1. The second-order valence-corrected chi connectivity index (χ2v) is 9.52. The highest BCUT2D eigenvalue weighted by Gasteiger charge is 2.20. The summed E-state index contributed by atoms with van der Waals surface area (Å²) in [5, 5.41) is 14.3. The Morgan fingerprint density at radius 2 is 2.00 bits per heavy atom. The quantitative estimate of drug-likeness (QED) is 0.210. The Labute approximate surface area is 158 Å². The molecule has 1 heterocycles. The predicted octanol–water partition coefficient (Wildman–Crippen LogP) is 4.14. The minimum Gasteiger partial charge on any atom is -0.465 e. The first-order valence-electron chi connectivity index (χ1n) is 7.48. The topological polar surface area (TPSA) is 132 Å². The molecule has 1 aromatic carbocycles. The van der Waals surface area contributed by atoms with Crippen molar-refractivity contribution in [3.05, 3.63) is 51.7 Å². The minimum absolute atomic E-state index is 0.0704. The van der Waals surface area contributed by atoms with E-state index >= 15 is 0 Å². The molecule has 138 valence electrons. The van der Waals surface area contributed by atoms with E-state index in [2.05, 4.69) is 15.3 Å². The molecule has 0 aliphatic heterocycles. The van der Waals surface area contributed by atoms with Gasteiger partial charge >= 0.3 is 6.09 Å². The van der Waals surface area contributed by atoms with E-state index in [4.69, 9.17) is 10.6 Å². The molecule has 0 saturated heterocycles. The number of carbonyl (C=O) groups is 1. The molecule has 0 unspecified atom stereocenters. The van der Waals surface area contributed by atoms with Crippen molar-refractivity contribution in [3.63, 3.8) is 0 Å². The van der Waals surface area contributed by atoms with Crippen molar-refractivity contribution in [1.29, 1.82) is 0 Å². The highest BCUT2D eigenvalue weighted by Crippen LogP contribution is 2.29. The molecule has 0 atom stereocenters. The molecule has 0 radical (unpaired) electrons. The van der Waals surface area contributed by atoms with E-state index in [-0.39, 0.29) is 15.6 Å². The van der Waals surface area contributed by atoms with Crippen LogP contribution >= 0.6 is 23.1 Å². The Morgan fingerprint density at radius 1 is 1.27 bits per heavy atom. The number of sulfone groups is 1. The van der Waals surface area contributed by atoms with E-state index in [1.165, 1.54) is 6.07 Å². The number of nitrogens with zero attached hydrogens (tertiary/aromatic N) is 3. The van der Waals surface area contributed by atoms with Crippen molar-refractivity contribution < 1.29 is 18.3 Å². The molecule has 0 spiro atoms. The maximum Gasteiger partial charge on any atom is 0.404 e. The second kappa shape index (κ2) is 9.48. The van der Waals surface area contributed by atoms with Gasteiger partial charge in [0, 0.05) is 21.2 Å². The summed E-state index contributed by atoms with van der Waals surface area (Å²) in [5.41, 5.74) is 8.21. The molecule has 11 heteroatoms. The zero-order chi connectivity index (χ0) is 19.0. The third-order valence-corrected chi connectivity index (χ3v) is 7.63. The lowest BCUT2D eigenvalue weighted by Gasteiger charge is -2.04. The molecule has 2 N–H and O–H groups in total. The SMILES string of the molecule is [N-]=[N+]=NCCCSc1ccc(S(=O)(=O)c2ccc(CNC(=O)O)s2)cc1. The monoisotopic (exact) mass is 412 g/mol. The number of azide groups is 1. The highest BCUT2D eigenvalue weighted by atomic mass is 32.2. The lowest BCUT2D eigenvalue weighted by atomic mass is 10.4. The van der Waals surface area contributed by atoms with Gasteiger partial charge in [0.05, 0.1) is 11.4 Å². The van der Waals surface area contributed by atoms with Crippen molar-refractivity contribution in [2.45, 2.75) is 27.0 Å². The fraction of sp³-hybridized carbons (Fsp3) is 0.267. The van der Waals surface area contributed by atoms with Crippen LogP contribution in [-0.2, 0) is 16.4 Å². The van der Waals surface area contributed by atoms with Gasteiger partial charge in [0.25, 0.3) is 0 Å². The standard InChI is InChI=1S/C15H16N4O4S3/c16-19-18-8-1-9-24-11-2-5-13(6-3-11)26(22,23)14-7-4-12(25-14)10-17-15(20)21/h2-7,17H,1,8-10H2,(H,20,21). The van der Waals surface area contributed by atoms with Crippen LogP contribution in [0.25, 0.3) is 10.4 Å². The summed E-state index contributed by atoms with van der Waals surface area (Å²) >= 11 is 2.60. The van der Waals surface area contributed by atoms with E-state index in [0.29, 0.717) is 11.4 Å². The number of hydrogen-bond donors (Lipinski definition) is 2. The minimum atomic E-state index is -3.63. The molecule has 2 aromatic rings. The summed E-state index contributed by atoms with van der Waals surface area (Å²) in [6.45, 7) is 0.508. The predicted molar refractivity (Wildman–Crippen MR) is 100 cm³/mol. The van der Waals surface area contributed by atoms with Crippen molar-refractivity contribution in [2.24, 2.45) is 5.11 Å². The first-order chi connectivity index (χ1) is 12.4. The summed E-state index contributed by atoms with van der Waals surface area (Å²) < 4.78 is 25.5. The third-order valence-electron chi connectivity index (χ3n) is 3.18. The number of carboxylic acid groups (broad SMARTS) is 1. The maximum absolute atomic E-state index is 12.6. The number of amides is 1. The summed E-state index contributed by atoms with van der Waals surface area (Å²) in [7, 11) is -3.63. The second-order valence-electron chi connectivity index (χ2n) is 5.01. The Kier molecular flexibility index (Phi) is 7.34. The van der Waals surface area contributed by atoms with Crippen LogP contribution in [0.15, 0.2) is 55.5 Å². The van der Waals surface area contributed by atoms with Crippen molar-refractivity contribution in [1.82, 2.24) is 5.32 Å². The average Bonchev–Trinajstić information content (AvgIpc) is 3.10. The van der Waals surface area contributed by atoms with Crippen molar-refractivity contribution >= 4 is 39.0 Å². The molecular formula is C15H16N4O4S3. The Morgan fingerprint density at radius 3 is 2.65 bits per heavy atom. The normalized spacial score (nSPS) is 10.9. The van der Waals surface area contributed by atoms with E-state index in [1.807, 2.05) is 0 Å². The smallest absolute Gasteiger partial charge is 0.404 e. The van der Waals surface area contributed by atoms with E-state index in [9.17, 15) is 13.2 Å². The number of nitrogens with one attached hydrogen (secondary N) is 1. The molecule has 0 aliphatic carbocycles. The average molecular weight is 413 g/mol. The summed E-state index contributed by atoms with van der Waals surface area (Å²) in [6, 6.07) is 9.68. The molecule has 0 fully saturated rings. The largest absolute Gasteiger partial charge is 0.465 e. The number of hydrogen-bond acceptors (Lipinski definition) is 6. The summed E-state index contributed by atoms with van der Waals surface area (Å²) in [5.74, 6) is 0.774. The van der Waals surface area contributed by atoms with Crippen LogP contribution in [0.1, 0.15) is 11.3 Å². The van der Waals surface area contributed by atoms with Gasteiger partial charge < -0.3 is 10.4 Å². The molecule has 1 amide bonds. The molecule has 0 saturated carbocycles. The summed E-state index contributed by atoms with van der Waals surface area (Å²) in [4.78, 5) is 14.9. The Hall–Kier alpha value is -2.20. The van der Waals surface area contributed by atoms with Crippen molar-refractivity contribution in [3.8, 4) is 0 Å². The first-order valence-corrected chi connectivity index (χ1v) is 10.8. The number of rotatable bonds is 9. The molecule has 2 rings (SSSR count). The van der Waals surface area contributed by atoms with E-state index < -0.39 is 15.9 Å². The van der Waals surface area contributed by atoms with Crippen LogP contribution in [0, 0.1) is 0 Å². The maximum atomic E-state index is 12.6. The van der Waals surface area contributed by atoms with Gasteiger partial charge in [0.2, 0.25) is 9.84 Å². The van der Waals surface area contributed by atoms with Crippen LogP contribution in [0.5, 0.6) is 0 Å². The van der Waals surface area contributed by atoms with E-state index in [1.54, 1.807) is 42.1 Å². The van der Waals surface area contributed by atoms with Crippen LogP contribution in [0.4, 0.5) is 4.79 Å². The van der Waals surface area contributed by atoms with Crippen LogP contribution < -0.4 is 5.32 Å². The fourth-order valence-electron chi connectivity index (χ4n) is 1.96. The van der Waals surface area contributed by atoms with Gasteiger partial charge in [0.15, 0.2) is 0 Å². The Balaban J connectivity index is 2.02. The van der Waals surface area contributed by atoms with Gasteiger partial charge in [-0.3, -0.25) is 0 Å².